The van der Waals surface area contributed by atoms with Crippen molar-refractivity contribution in [2.75, 3.05) is 26.3 Å². The van der Waals surface area contributed by atoms with Crippen LogP contribution in [0.25, 0.3) is 0 Å². The number of hydrogen-bond donors (Lipinski definition) is 2. The molecule has 33 heavy (non-hydrogen) atoms. The molecule has 0 radical (unpaired) electrons. The van der Waals surface area contributed by atoms with Crippen LogP contribution in [0, 0.1) is 0 Å². The highest BCUT2D eigenvalue weighted by Gasteiger charge is 2.24. The highest BCUT2D eigenvalue weighted by atomic mass is 35.5. The van der Waals surface area contributed by atoms with Crippen LogP contribution in [0.2, 0.25) is 0 Å². The lowest BCUT2D eigenvalue weighted by atomic mass is 10.0. The van der Waals surface area contributed by atoms with E-state index in [2.05, 4.69) is 43.5 Å². The molecule has 1 aromatic carbocycles. The van der Waals surface area contributed by atoms with Gasteiger partial charge in [0.1, 0.15) is 19.6 Å². The summed E-state index contributed by atoms with van der Waals surface area (Å²) in [5.74, 6) is 0. The van der Waals surface area contributed by atoms with Gasteiger partial charge in [-0.05, 0) is 18.9 Å². The molecule has 0 amide bonds. The molecule has 0 aromatic heterocycles. The van der Waals surface area contributed by atoms with Crippen LogP contribution in [0.3, 0.4) is 0 Å². The maximum absolute atomic E-state index is 9.61. The topological polar surface area (TPSA) is 40.5 Å². The van der Waals surface area contributed by atoms with Crippen LogP contribution in [-0.2, 0) is 6.54 Å². The Balaban J connectivity index is 0.0000102. The molecule has 192 valence electrons. The molecule has 2 N–H and O–H groups in total. The number of benzene rings is 1. The molecule has 0 atom stereocenters. The summed E-state index contributed by atoms with van der Waals surface area (Å²) in [4.78, 5) is 0. The summed E-state index contributed by atoms with van der Waals surface area (Å²) in [6.07, 6.45) is 25.0. The molecule has 0 spiro atoms. The first-order valence-electron chi connectivity index (χ1n) is 13.6. The molecule has 1 aromatic rings. The molecule has 0 heterocycles. The number of quaternary nitrogens is 1. The summed E-state index contributed by atoms with van der Waals surface area (Å²) in [7, 11) is 0. The van der Waals surface area contributed by atoms with Crippen molar-refractivity contribution in [1.82, 2.24) is 0 Å². The van der Waals surface area contributed by atoms with E-state index in [0.717, 1.165) is 13.0 Å². The first kappa shape index (κ1) is 32.1. The first-order valence-corrected chi connectivity index (χ1v) is 13.6. The van der Waals surface area contributed by atoms with Crippen LogP contribution >= 0.6 is 0 Å². The van der Waals surface area contributed by atoms with Gasteiger partial charge in [0.15, 0.2) is 0 Å². The second kappa shape index (κ2) is 22.9. The van der Waals surface area contributed by atoms with Crippen LogP contribution in [-0.4, -0.2) is 41.0 Å². The Labute approximate surface area is 211 Å². The molecule has 0 aliphatic heterocycles. The highest BCUT2D eigenvalue weighted by molar-refractivity contribution is 5.13. The maximum atomic E-state index is 9.61. The van der Waals surface area contributed by atoms with Gasteiger partial charge in [-0.25, -0.2) is 0 Å². The van der Waals surface area contributed by atoms with Gasteiger partial charge < -0.3 is 22.6 Å². The molecular weight excluding hydrogens is 430 g/mol. The van der Waals surface area contributed by atoms with Crippen molar-refractivity contribution in [3.05, 3.63) is 48.2 Å². The zero-order chi connectivity index (χ0) is 23.2. The molecule has 0 unspecified atom stereocenters. The Morgan fingerprint density at radius 3 is 1.58 bits per heavy atom. The van der Waals surface area contributed by atoms with Crippen molar-refractivity contribution in [3.63, 3.8) is 0 Å². The van der Waals surface area contributed by atoms with E-state index in [9.17, 15) is 10.2 Å². The fraction of sp³-hybridized carbons (Fsp3) is 0.724. The number of hydrogen-bond acceptors (Lipinski definition) is 2. The predicted octanol–water partition coefficient (Wildman–Crippen LogP) is 4.38. The van der Waals surface area contributed by atoms with Crippen LogP contribution in [0.15, 0.2) is 42.6 Å². The number of halogens is 1. The van der Waals surface area contributed by atoms with E-state index in [1.54, 1.807) is 0 Å². The SMILES string of the molecule is CCCCCCCCCCCCCCCCC=C[N+](CCO)(CCO)Cc1ccccc1.[Cl-]. The molecule has 3 nitrogen and oxygen atoms in total. The molecule has 0 saturated carbocycles. The Hall–Kier alpha value is -0.870. The Kier molecular flexibility index (Phi) is 22.3. The van der Waals surface area contributed by atoms with Crippen molar-refractivity contribution >= 4 is 0 Å². The summed E-state index contributed by atoms with van der Waals surface area (Å²) in [6.45, 7) is 4.66. The fourth-order valence-electron chi connectivity index (χ4n) is 4.57. The fourth-order valence-corrected chi connectivity index (χ4v) is 4.57. The average Bonchev–Trinajstić information content (AvgIpc) is 2.80. The number of nitrogens with zero attached hydrogens (tertiary/aromatic N) is 1. The minimum atomic E-state index is 0. The first-order chi connectivity index (χ1) is 15.8. The van der Waals surface area contributed by atoms with E-state index >= 15 is 0 Å². The standard InChI is InChI=1S/C29H52NO2.ClH/c1-2-3-4-5-6-7-8-9-10-11-12-13-14-15-16-20-23-30(24-26-31,25-27-32)28-29-21-18-17-19-22-29;/h17-23,31-32H,2-16,24-28H2,1H3;1H/q+1;/p-1. The van der Waals surface area contributed by atoms with E-state index in [1.165, 1.54) is 95.5 Å². The van der Waals surface area contributed by atoms with Gasteiger partial charge in [-0.1, -0.05) is 121 Å². The number of allylic oxidation sites excluding steroid dienone is 1. The lowest BCUT2D eigenvalue weighted by molar-refractivity contribution is -0.893. The summed E-state index contributed by atoms with van der Waals surface area (Å²) in [5.41, 5.74) is 1.25. The maximum Gasteiger partial charge on any atom is 0.109 e. The zero-order valence-electron chi connectivity index (χ0n) is 21.4. The lowest BCUT2D eigenvalue weighted by Crippen LogP contribution is -3.00. The van der Waals surface area contributed by atoms with Gasteiger partial charge in [0.2, 0.25) is 0 Å². The van der Waals surface area contributed by atoms with Crippen molar-refractivity contribution in [3.8, 4) is 0 Å². The molecule has 1 rings (SSSR count). The Bertz CT molecular complexity index is 544. The number of rotatable bonds is 22. The number of aliphatic hydroxyl groups excluding tert-OH is 2. The number of unbranched alkanes of at least 4 members (excludes halogenated alkanes) is 14. The number of aliphatic hydroxyl groups is 2. The van der Waals surface area contributed by atoms with Gasteiger partial charge >= 0.3 is 0 Å². The van der Waals surface area contributed by atoms with Crippen LogP contribution in [0.5, 0.6) is 0 Å². The molecule has 4 heteroatoms. The monoisotopic (exact) mass is 481 g/mol. The smallest absolute Gasteiger partial charge is 0.109 e. The molecule has 0 bridgehead atoms. The Morgan fingerprint density at radius 1 is 0.667 bits per heavy atom. The third-order valence-corrected chi connectivity index (χ3v) is 6.58. The Morgan fingerprint density at radius 2 is 1.12 bits per heavy atom. The van der Waals surface area contributed by atoms with Crippen LogP contribution < -0.4 is 12.4 Å². The average molecular weight is 482 g/mol. The summed E-state index contributed by atoms with van der Waals surface area (Å²) < 4.78 is 0.621. The van der Waals surface area contributed by atoms with Crippen molar-refractivity contribution in [2.45, 2.75) is 110 Å². The van der Waals surface area contributed by atoms with Crippen LogP contribution in [0.1, 0.15) is 109 Å². The molecule has 0 fully saturated rings. The molecule has 0 aliphatic carbocycles. The third-order valence-electron chi connectivity index (χ3n) is 6.58. The zero-order valence-corrected chi connectivity index (χ0v) is 22.2. The second-order valence-electron chi connectivity index (χ2n) is 9.53. The minimum Gasteiger partial charge on any atom is -1.00 e. The molecular formula is C29H52ClNO2. The highest BCUT2D eigenvalue weighted by Crippen LogP contribution is 2.17. The summed E-state index contributed by atoms with van der Waals surface area (Å²) in [6, 6.07) is 10.4. The lowest BCUT2D eigenvalue weighted by Gasteiger charge is -2.34. The largest absolute Gasteiger partial charge is 1.00 e. The predicted molar refractivity (Wildman–Crippen MR) is 138 cm³/mol. The van der Waals surface area contributed by atoms with Crippen LogP contribution in [0.4, 0.5) is 0 Å². The van der Waals surface area contributed by atoms with E-state index in [4.69, 9.17) is 0 Å². The van der Waals surface area contributed by atoms with Gasteiger partial charge in [-0.15, -0.1) is 0 Å². The van der Waals surface area contributed by atoms with Gasteiger partial charge in [0.25, 0.3) is 0 Å². The van der Waals surface area contributed by atoms with Crippen molar-refractivity contribution < 1.29 is 27.1 Å². The van der Waals surface area contributed by atoms with E-state index < -0.39 is 0 Å². The van der Waals surface area contributed by atoms with E-state index in [1.807, 2.05) is 6.07 Å². The molecule has 0 saturated heterocycles. The van der Waals surface area contributed by atoms with Crippen molar-refractivity contribution in [1.29, 1.82) is 0 Å². The van der Waals surface area contributed by atoms with E-state index in [-0.39, 0.29) is 25.6 Å². The molecule has 0 aliphatic rings. The quantitative estimate of drug-likeness (QED) is 0.190. The summed E-state index contributed by atoms with van der Waals surface area (Å²) >= 11 is 0. The second-order valence-corrected chi connectivity index (χ2v) is 9.53. The van der Waals surface area contributed by atoms with Gasteiger partial charge in [0, 0.05) is 5.56 Å². The third kappa shape index (κ3) is 17.3. The van der Waals surface area contributed by atoms with E-state index in [0.29, 0.717) is 17.6 Å². The summed E-state index contributed by atoms with van der Waals surface area (Å²) in [5, 5.41) is 19.2. The minimum absolute atomic E-state index is 0. The van der Waals surface area contributed by atoms with Gasteiger partial charge in [-0.2, -0.15) is 0 Å². The normalized spacial score (nSPS) is 11.7. The van der Waals surface area contributed by atoms with Gasteiger partial charge in [-0.3, -0.25) is 4.48 Å². The van der Waals surface area contributed by atoms with Crippen molar-refractivity contribution in [2.24, 2.45) is 0 Å². The van der Waals surface area contributed by atoms with Gasteiger partial charge in [0.05, 0.1) is 19.4 Å².